The number of hydrogen-bond acceptors (Lipinski definition) is 4. The van der Waals surface area contributed by atoms with Gasteiger partial charge in [-0.3, -0.25) is 4.79 Å². The molecule has 1 aromatic rings. The van der Waals surface area contributed by atoms with Crippen molar-refractivity contribution in [1.29, 1.82) is 0 Å². The summed E-state index contributed by atoms with van der Waals surface area (Å²) >= 11 is 1.68. The number of rotatable bonds is 4. The molecule has 2 N–H and O–H groups in total. The Hall–Kier alpha value is -0.940. The fraction of sp³-hybridized carbons (Fsp3) is 0.733. The first kappa shape index (κ1) is 14.0. The lowest BCUT2D eigenvalue weighted by atomic mass is 10.0. The van der Waals surface area contributed by atoms with Gasteiger partial charge in [-0.1, -0.05) is 6.42 Å². The van der Waals surface area contributed by atoms with Crippen LogP contribution in [0.25, 0.3) is 0 Å². The van der Waals surface area contributed by atoms with E-state index in [0.717, 1.165) is 37.5 Å². The Bertz CT molecular complexity index is 442. The maximum Gasteiger partial charge on any atom is 0.226 e. The number of fused-ring (bicyclic) bond motifs is 1. The lowest BCUT2D eigenvalue weighted by Crippen LogP contribution is -2.14. The molecule has 1 aliphatic carbocycles. The minimum atomic E-state index is 0.126. The van der Waals surface area contributed by atoms with Gasteiger partial charge in [0, 0.05) is 11.3 Å². The molecule has 3 rings (SSSR count). The molecule has 1 aromatic heterocycles. The van der Waals surface area contributed by atoms with Gasteiger partial charge in [-0.05, 0) is 57.5 Å². The van der Waals surface area contributed by atoms with E-state index in [1.165, 1.54) is 36.3 Å². The number of amides is 1. The Morgan fingerprint density at radius 3 is 3.10 bits per heavy atom. The number of aromatic nitrogens is 1. The molecule has 0 radical (unpaired) electrons. The fourth-order valence-corrected chi connectivity index (χ4v) is 4.13. The van der Waals surface area contributed by atoms with Crippen LogP contribution in [0.5, 0.6) is 0 Å². The van der Waals surface area contributed by atoms with Crippen LogP contribution in [0.1, 0.15) is 49.1 Å². The summed E-state index contributed by atoms with van der Waals surface area (Å²) in [4.78, 5) is 18.0. The Labute approximate surface area is 124 Å². The lowest BCUT2D eigenvalue weighted by Gasteiger charge is -2.07. The van der Waals surface area contributed by atoms with Crippen molar-refractivity contribution in [2.45, 2.75) is 51.4 Å². The van der Waals surface area contributed by atoms with Crippen LogP contribution < -0.4 is 10.6 Å². The van der Waals surface area contributed by atoms with Gasteiger partial charge in [-0.15, -0.1) is 11.3 Å². The molecule has 2 heterocycles. The highest BCUT2D eigenvalue weighted by Crippen LogP contribution is 2.29. The molecule has 20 heavy (non-hydrogen) atoms. The van der Waals surface area contributed by atoms with Gasteiger partial charge in [-0.25, -0.2) is 4.98 Å². The van der Waals surface area contributed by atoms with E-state index in [0.29, 0.717) is 12.3 Å². The van der Waals surface area contributed by atoms with Gasteiger partial charge in [0.15, 0.2) is 5.13 Å². The van der Waals surface area contributed by atoms with Crippen LogP contribution in [0, 0.1) is 5.92 Å². The molecule has 4 nitrogen and oxygen atoms in total. The highest BCUT2D eigenvalue weighted by Gasteiger charge is 2.18. The molecular formula is C15H23N3OS. The van der Waals surface area contributed by atoms with E-state index in [2.05, 4.69) is 15.6 Å². The molecule has 1 fully saturated rings. The standard InChI is InChI=1S/C15H23N3OS/c19-14(7-6-11-8-9-16-10-11)18-15-17-12-4-2-1-3-5-13(12)20-15/h11,16H,1-10H2,(H,17,18,19). The summed E-state index contributed by atoms with van der Waals surface area (Å²) in [7, 11) is 0. The van der Waals surface area contributed by atoms with E-state index in [1.807, 2.05) is 0 Å². The molecule has 0 saturated carbocycles. The normalized spacial score (nSPS) is 22.3. The Balaban J connectivity index is 1.50. The number of anilines is 1. The molecular weight excluding hydrogens is 270 g/mol. The van der Waals surface area contributed by atoms with Gasteiger partial charge in [0.2, 0.25) is 5.91 Å². The molecule has 110 valence electrons. The first-order valence-electron chi connectivity index (χ1n) is 7.80. The van der Waals surface area contributed by atoms with Crippen molar-refractivity contribution in [2.75, 3.05) is 18.4 Å². The maximum absolute atomic E-state index is 12.0. The Kier molecular flexibility index (Phi) is 4.68. The summed E-state index contributed by atoms with van der Waals surface area (Å²) < 4.78 is 0. The first-order valence-corrected chi connectivity index (χ1v) is 8.62. The minimum Gasteiger partial charge on any atom is -0.316 e. The number of carbonyl (C=O) groups is 1. The second-order valence-electron chi connectivity index (χ2n) is 5.90. The zero-order valence-corrected chi connectivity index (χ0v) is 12.7. The van der Waals surface area contributed by atoms with Gasteiger partial charge in [0.05, 0.1) is 5.69 Å². The number of aryl methyl sites for hydroxylation is 2. The molecule has 5 heteroatoms. The highest BCUT2D eigenvalue weighted by atomic mass is 32.1. The van der Waals surface area contributed by atoms with Gasteiger partial charge in [0.1, 0.15) is 0 Å². The molecule has 1 unspecified atom stereocenters. The van der Waals surface area contributed by atoms with Crippen LogP contribution in [0.4, 0.5) is 5.13 Å². The maximum atomic E-state index is 12.0. The number of carbonyl (C=O) groups excluding carboxylic acids is 1. The summed E-state index contributed by atoms with van der Waals surface area (Å²) in [5.41, 5.74) is 1.22. The van der Waals surface area contributed by atoms with Crippen molar-refractivity contribution in [2.24, 2.45) is 5.92 Å². The molecule has 1 atom stereocenters. The predicted molar refractivity (Wildman–Crippen MR) is 82.2 cm³/mol. The lowest BCUT2D eigenvalue weighted by molar-refractivity contribution is -0.116. The minimum absolute atomic E-state index is 0.126. The number of nitrogens with one attached hydrogen (secondary N) is 2. The quantitative estimate of drug-likeness (QED) is 0.839. The smallest absolute Gasteiger partial charge is 0.226 e. The summed E-state index contributed by atoms with van der Waals surface area (Å²) in [5.74, 6) is 0.801. The van der Waals surface area contributed by atoms with Gasteiger partial charge < -0.3 is 10.6 Å². The first-order chi connectivity index (χ1) is 9.81. The van der Waals surface area contributed by atoms with Crippen molar-refractivity contribution in [3.05, 3.63) is 10.6 Å². The Morgan fingerprint density at radius 1 is 1.35 bits per heavy atom. The molecule has 1 saturated heterocycles. The second-order valence-corrected chi connectivity index (χ2v) is 6.98. The van der Waals surface area contributed by atoms with E-state index in [1.54, 1.807) is 11.3 Å². The molecule has 0 spiro atoms. The zero-order chi connectivity index (χ0) is 13.8. The average Bonchev–Trinajstić information content (AvgIpc) is 3.03. The second kappa shape index (κ2) is 6.68. The summed E-state index contributed by atoms with van der Waals surface area (Å²) in [6.45, 7) is 2.17. The van der Waals surface area contributed by atoms with E-state index >= 15 is 0 Å². The van der Waals surface area contributed by atoms with Crippen molar-refractivity contribution < 1.29 is 4.79 Å². The van der Waals surface area contributed by atoms with E-state index in [-0.39, 0.29) is 5.91 Å². The van der Waals surface area contributed by atoms with E-state index in [9.17, 15) is 4.79 Å². The van der Waals surface area contributed by atoms with Crippen LogP contribution in [0.2, 0.25) is 0 Å². The van der Waals surface area contributed by atoms with Crippen molar-refractivity contribution in [3.8, 4) is 0 Å². The summed E-state index contributed by atoms with van der Waals surface area (Å²) in [6.07, 6.45) is 8.83. The summed E-state index contributed by atoms with van der Waals surface area (Å²) in [6, 6.07) is 0. The molecule has 1 amide bonds. The monoisotopic (exact) mass is 293 g/mol. The van der Waals surface area contributed by atoms with Gasteiger partial charge in [0.25, 0.3) is 0 Å². The largest absolute Gasteiger partial charge is 0.316 e. The Morgan fingerprint density at radius 2 is 2.25 bits per heavy atom. The van der Waals surface area contributed by atoms with Crippen molar-refractivity contribution in [1.82, 2.24) is 10.3 Å². The summed E-state index contributed by atoms with van der Waals surface area (Å²) in [5, 5.41) is 7.15. The topological polar surface area (TPSA) is 54.0 Å². The third kappa shape index (κ3) is 3.58. The molecule has 1 aliphatic heterocycles. The van der Waals surface area contributed by atoms with E-state index in [4.69, 9.17) is 0 Å². The molecule has 2 aliphatic rings. The molecule has 0 aromatic carbocycles. The van der Waals surface area contributed by atoms with Gasteiger partial charge >= 0.3 is 0 Å². The zero-order valence-electron chi connectivity index (χ0n) is 11.9. The van der Waals surface area contributed by atoms with Crippen LogP contribution in [0.3, 0.4) is 0 Å². The van der Waals surface area contributed by atoms with Crippen LogP contribution in [-0.2, 0) is 17.6 Å². The third-order valence-electron chi connectivity index (χ3n) is 4.28. The van der Waals surface area contributed by atoms with E-state index < -0.39 is 0 Å². The van der Waals surface area contributed by atoms with Crippen LogP contribution >= 0.6 is 11.3 Å². The van der Waals surface area contributed by atoms with Crippen molar-refractivity contribution in [3.63, 3.8) is 0 Å². The highest BCUT2D eigenvalue weighted by molar-refractivity contribution is 7.15. The fourth-order valence-electron chi connectivity index (χ4n) is 3.06. The number of nitrogens with zero attached hydrogens (tertiary/aromatic N) is 1. The van der Waals surface area contributed by atoms with Gasteiger partial charge in [-0.2, -0.15) is 0 Å². The molecule has 0 bridgehead atoms. The SMILES string of the molecule is O=C(CCC1CCNC1)Nc1nc2c(s1)CCCCC2. The third-order valence-corrected chi connectivity index (χ3v) is 5.36. The average molecular weight is 293 g/mol. The van der Waals surface area contributed by atoms with Crippen molar-refractivity contribution >= 4 is 22.4 Å². The predicted octanol–water partition coefficient (Wildman–Crippen LogP) is 2.74. The number of hydrogen-bond donors (Lipinski definition) is 2. The van der Waals surface area contributed by atoms with Crippen LogP contribution in [0.15, 0.2) is 0 Å². The number of thiazole rings is 1. The van der Waals surface area contributed by atoms with Crippen LogP contribution in [-0.4, -0.2) is 24.0 Å².